The molecular formula is C6H12N2O. The third-order valence-electron chi connectivity index (χ3n) is 1.53. The van der Waals surface area contributed by atoms with Gasteiger partial charge in [0.25, 0.3) is 0 Å². The van der Waals surface area contributed by atoms with Crippen molar-refractivity contribution < 1.29 is 4.79 Å². The van der Waals surface area contributed by atoms with Gasteiger partial charge >= 0.3 is 0 Å². The summed E-state index contributed by atoms with van der Waals surface area (Å²) in [7, 11) is 0. The second-order valence-electron chi connectivity index (χ2n) is 2.37. The summed E-state index contributed by atoms with van der Waals surface area (Å²) in [4.78, 5) is 10.2. The Kier molecular flexibility index (Phi) is 2.19. The van der Waals surface area contributed by atoms with E-state index in [0.717, 1.165) is 19.3 Å². The molecule has 52 valence electrons. The number of carbonyl (C=O) groups is 1. The summed E-state index contributed by atoms with van der Waals surface area (Å²) >= 11 is 0. The van der Waals surface area contributed by atoms with E-state index in [1.54, 1.807) is 0 Å². The Bertz CT molecular complexity index is 105. The molecule has 1 saturated heterocycles. The Labute approximate surface area is 54.8 Å². The maximum atomic E-state index is 10.2. The normalized spacial score (nSPS) is 36.1. The summed E-state index contributed by atoms with van der Waals surface area (Å²) in [5.41, 5.74) is 0. The lowest BCUT2D eigenvalue weighted by molar-refractivity contribution is -0.110. The Morgan fingerprint density at radius 3 is 2.89 bits per heavy atom. The maximum absolute atomic E-state index is 10.2. The van der Waals surface area contributed by atoms with Gasteiger partial charge in [-0.25, -0.2) is 0 Å². The summed E-state index contributed by atoms with van der Waals surface area (Å²) in [6.45, 7) is 2.95. The van der Waals surface area contributed by atoms with Gasteiger partial charge in [0.2, 0.25) is 0 Å². The van der Waals surface area contributed by atoms with Crippen LogP contribution in [0.15, 0.2) is 0 Å². The highest BCUT2D eigenvalue weighted by atomic mass is 16.1. The molecule has 0 amide bonds. The predicted molar refractivity (Wildman–Crippen MR) is 35.1 cm³/mol. The summed E-state index contributed by atoms with van der Waals surface area (Å²) in [6, 6.07) is 0.0706. The van der Waals surface area contributed by atoms with Crippen molar-refractivity contribution in [1.82, 2.24) is 10.6 Å². The molecule has 0 bridgehead atoms. The average molecular weight is 128 g/mol. The summed E-state index contributed by atoms with van der Waals surface area (Å²) in [6.07, 6.45) is 2.17. The quantitative estimate of drug-likeness (QED) is 0.467. The van der Waals surface area contributed by atoms with Gasteiger partial charge in [-0.2, -0.15) is 0 Å². The van der Waals surface area contributed by atoms with E-state index < -0.39 is 0 Å². The Morgan fingerprint density at radius 1 is 1.67 bits per heavy atom. The van der Waals surface area contributed by atoms with Gasteiger partial charge in [-0.1, -0.05) is 0 Å². The van der Waals surface area contributed by atoms with Crippen LogP contribution in [0, 0.1) is 0 Å². The molecule has 1 rings (SSSR count). The van der Waals surface area contributed by atoms with Gasteiger partial charge in [0.1, 0.15) is 6.29 Å². The third-order valence-corrected chi connectivity index (χ3v) is 1.53. The van der Waals surface area contributed by atoms with Crippen molar-refractivity contribution in [3.05, 3.63) is 0 Å². The second-order valence-corrected chi connectivity index (χ2v) is 2.37. The molecule has 1 heterocycles. The molecular weight excluding hydrogens is 116 g/mol. The maximum Gasteiger partial charge on any atom is 0.136 e. The lowest BCUT2D eigenvalue weighted by Gasteiger charge is -2.25. The van der Waals surface area contributed by atoms with Crippen LogP contribution in [0.5, 0.6) is 0 Å². The van der Waals surface area contributed by atoms with Crippen LogP contribution in [0.2, 0.25) is 0 Å². The van der Waals surface area contributed by atoms with Crippen LogP contribution in [-0.2, 0) is 4.79 Å². The molecule has 3 nitrogen and oxygen atoms in total. The van der Waals surface area contributed by atoms with Crippen molar-refractivity contribution in [1.29, 1.82) is 0 Å². The van der Waals surface area contributed by atoms with Gasteiger partial charge in [0.05, 0.1) is 12.2 Å². The number of carbonyl (C=O) groups excluding carboxylic acids is 1. The van der Waals surface area contributed by atoms with Gasteiger partial charge < -0.3 is 10.1 Å². The first kappa shape index (κ1) is 6.71. The molecule has 9 heavy (non-hydrogen) atoms. The van der Waals surface area contributed by atoms with Crippen LogP contribution >= 0.6 is 0 Å². The fourth-order valence-electron chi connectivity index (χ4n) is 1.03. The summed E-state index contributed by atoms with van der Waals surface area (Å²) < 4.78 is 0. The molecule has 0 aromatic rings. The minimum Gasteiger partial charge on any atom is -0.302 e. The summed E-state index contributed by atoms with van der Waals surface area (Å²) in [5.74, 6) is 0. The topological polar surface area (TPSA) is 41.1 Å². The van der Waals surface area contributed by atoms with E-state index in [0.29, 0.717) is 0 Å². The van der Waals surface area contributed by atoms with E-state index >= 15 is 0 Å². The van der Waals surface area contributed by atoms with Gasteiger partial charge in [-0.05, 0) is 19.9 Å². The number of rotatable bonds is 1. The second kappa shape index (κ2) is 2.94. The molecule has 0 radical (unpaired) electrons. The largest absolute Gasteiger partial charge is 0.302 e. The van der Waals surface area contributed by atoms with Crippen LogP contribution in [0.25, 0.3) is 0 Å². The van der Waals surface area contributed by atoms with E-state index in [4.69, 9.17) is 0 Å². The van der Waals surface area contributed by atoms with Gasteiger partial charge in [-0.15, -0.1) is 0 Å². The van der Waals surface area contributed by atoms with Crippen molar-refractivity contribution in [2.75, 3.05) is 6.54 Å². The highest BCUT2D eigenvalue weighted by Gasteiger charge is 2.14. The van der Waals surface area contributed by atoms with E-state index in [1.807, 2.05) is 6.92 Å². The zero-order valence-electron chi connectivity index (χ0n) is 5.55. The van der Waals surface area contributed by atoms with Crippen LogP contribution in [0.4, 0.5) is 0 Å². The van der Waals surface area contributed by atoms with Crippen molar-refractivity contribution >= 4 is 6.29 Å². The fraction of sp³-hybridized carbons (Fsp3) is 0.833. The van der Waals surface area contributed by atoms with Gasteiger partial charge in [-0.3, -0.25) is 5.32 Å². The predicted octanol–water partition coefficient (Wildman–Crippen LogP) is -0.517. The monoisotopic (exact) mass is 128 g/mol. The lowest BCUT2D eigenvalue weighted by atomic mass is 10.2. The van der Waals surface area contributed by atoms with E-state index in [1.165, 1.54) is 0 Å². The van der Waals surface area contributed by atoms with Crippen molar-refractivity contribution in [3.8, 4) is 0 Å². The SMILES string of the molecule is CC1NCC[C@@H](C=O)N1. The highest BCUT2D eigenvalue weighted by Crippen LogP contribution is 1.94. The van der Waals surface area contributed by atoms with E-state index in [2.05, 4.69) is 10.6 Å². The smallest absolute Gasteiger partial charge is 0.136 e. The van der Waals surface area contributed by atoms with Crippen LogP contribution in [0.1, 0.15) is 13.3 Å². The number of aldehydes is 1. The zero-order chi connectivity index (χ0) is 6.69. The Hall–Kier alpha value is -0.410. The Morgan fingerprint density at radius 2 is 2.44 bits per heavy atom. The molecule has 1 aliphatic rings. The molecule has 1 fully saturated rings. The van der Waals surface area contributed by atoms with Crippen LogP contribution in [-0.4, -0.2) is 25.0 Å². The highest BCUT2D eigenvalue weighted by molar-refractivity contribution is 5.57. The molecule has 3 heteroatoms. The van der Waals surface area contributed by atoms with Crippen molar-refractivity contribution in [2.24, 2.45) is 0 Å². The molecule has 1 unspecified atom stereocenters. The summed E-state index contributed by atoms with van der Waals surface area (Å²) in [5, 5.41) is 6.26. The van der Waals surface area contributed by atoms with Crippen molar-refractivity contribution in [2.45, 2.75) is 25.6 Å². The molecule has 0 aromatic heterocycles. The first-order valence-corrected chi connectivity index (χ1v) is 3.27. The van der Waals surface area contributed by atoms with Crippen LogP contribution < -0.4 is 10.6 Å². The first-order chi connectivity index (χ1) is 4.33. The molecule has 0 saturated carbocycles. The first-order valence-electron chi connectivity index (χ1n) is 3.27. The molecule has 0 aromatic carbocycles. The molecule has 0 spiro atoms. The third kappa shape index (κ3) is 1.77. The average Bonchev–Trinajstić information content (AvgIpc) is 1.88. The standard InChI is InChI=1S/C6H12N2O/c1-5-7-3-2-6(4-9)8-5/h4-8H,2-3H2,1H3/t5?,6-/m0/s1. The molecule has 2 N–H and O–H groups in total. The fourth-order valence-corrected chi connectivity index (χ4v) is 1.03. The molecule has 1 aliphatic heterocycles. The minimum atomic E-state index is 0.0706. The number of hydrogen-bond donors (Lipinski definition) is 2. The van der Waals surface area contributed by atoms with E-state index in [9.17, 15) is 4.79 Å². The van der Waals surface area contributed by atoms with Crippen molar-refractivity contribution in [3.63, 3.8) is 0 Å². The molecule has 0 aliphatic carbocycles. The van der Waals surface area contributed by atoms with E-state index in [-0.39, 0.29) is 12.2 Å². The zero-order valence-corrected chi connectivity index (χ0v) is 5.55. The lowest BCUT2D eigenvalue weighted by Crippen LogP contribution is -2.52. The van der Waals surface area contributed by atoms with Crippen LogP contribution in [0.3, 0.4) is 0 Å². The van der Waals surface area contributed by atoms with Gasteiger partial charge in [0, 0.05) is 0 Å². The number of hydrogen-bond acceptors (Lipinski definition) is 3. The molecule has 2 atom stereocenters. The minimum absolute atomic E-state index is 0.0706. The number of nitrogens with one attached hydrogen (secondary N) is 2. The Balaban J connectivity index is 2.31. The van der Waals surface area contributed by atoms with Gasteiger partial charge in [0.15, 0.2) is 0 Å².